The van der Waals surface area contributed by atoms with Crippen LogP contribution in [0.15, 0.2) is 34.3 Å². The Kier molecular flexibility index (Phi) is 7.75. The highest BCUT2D eigenvalue weighted by Crippen LogP contribution is 2.30. The summed E-state index contributed by atoms with van der Waals surface area (Å²) in [5, 5.41) is 6.64. The van der Waals surface area contributed by atoms with Gasteiger partial charge in [-0.25, -0.2) is 22.7 Å². The summed E-state index contributed by atoms with van der Waals surface area (Å²) < 4.78 is 34.7. The van der Waals surface area contributed by atoms with E-state index in [1.165, 1.54) is 17.7 Å². The summed E-state index contributed by atoms with van der Waals surface area (Å²) in [5.74, 6) is -0.987. The molecule has 2 heterocycles. The van der Waals surface area contributed by atoms with Crippen molar-refractivity contribution in [2.24, 2.45) is 12.2 Å². The van der Waals surface area contributed by atoms with E-state index in [4.69, 9.17) is 9.57 Å². The average molecular weight is 545 g/mol. The van der Waals surface area contributed by atoms with Crippen molar-refractivity contribution in [3.63, 3.8) is 0 Å². The van der Waals surface area contributed by atoms with Crippen molar-refractivity contribution >= 4 is 50.5 Å². The fourth-order valence-electron chi connectivity index (χ4n) is 4.06. The third-order valence-electron chi connectivity index (χ3n) is 5.85. The highest BCUT2D eigenvalue weighted by atomic mass is 32.2. The van der Waals surface area contributed by atoms with Gasteiger partial charge in [0, 0.05) is 32.0 Å². The van der Waals surface area contributed by atoms with Crippen molar-refractivity contribution in [2.45, 2.75) is 37.0 Å². The van der Waals surface area contributed by atoms with Crippen LogP contribution in [-0.4, -0.2) is 66.9 Å². The van der Waals surface area contributed by atoms with E-state index in [9.17, 15) is 18.0 Å². The number of ether oxygens (including phenoxy) is 1. The Bertz CT molecular complexity index is 1510. The number of hydrogen-bond acceptors (Lipinski definition) is 11. The smallest absolute Gasteiger partial charge is 0.356 e. The summed E-state index contributed by atoms with van der Waals surface area (Å²) in [5.41, 5.74) is 1.11. The van der Waals surface area contributed by atoms with Gasteiger partial charge in [0.15, 0.2) is 0 Å². The number of urea groups is 1. The quantitative estimate of drug-likeness (QED) is 0.333. The van der Waals surface area contributed by atoms with Crippen molar-refractivity contribution in [3.05, 3.63) is 30.0 Å². The maximum absolute atomic E-state index is 13.3. The highest BCUT2D eigenvalue weighted by molar-refractivity contribution is 7.90. The number of methoxy groups -OCH3 is 1. The Hall–Kier alpha value is -4.27. The lowest BCUT2D eigenvalue weighted by molar-refractivity contribution is 0.0585. The molecule has 1 aliphatic rings. The minimum absolute atomic E-state index is 0.152. The zero-order chi connectivity index (χ0) is 27.4. The number of rotatable bonds is 7. The zero-order valence-corrected chi connectivity index (χ0v) is 22.2. The molecule has 1 saturated carbocycles. The van der Waals surface area contributed by atoms with Crippen LogP contribution in [0.4, 0.5) is 16.7 Å². The van der Waals surface area contributed by atoms with Gasteiger partial charge in [0.2, 0.25) is 11.9 Å². The second-order valence-corrected chi connectivity index (χ2v) is 10.4. The molecule has 0 atom stereocenters. The molecule has 1 aromatic carbocycles. The van der Waals surface area contributed by atoms with E-state index < -0.39 is 26.9 Å². The van der Waals surface area contributed by atoms with Gasteiger partial charge < -0.3 is 19.0 Å². The fourth-order valence-corrected chi connectivity index (χ4v) is 5.39. The lowest BCUT2D eigenvalue weighted by atomic mass is 9.99. The van der Waals surface area contributed by atoms with Gasteiger partial charge in [0.25, 0.3) is 10.0 Å². The number of oxime groups is 1. The van der Waals surface area contributed by atoms with E-state index in [2.05, 4.69) is 25.4 Å². The summed E-state index contributed by atoms with van der Waals surface area (Å²) >= 11 is 0. The van der Waals surface area contributed by atoms with Gasteiger partial charge in [-0.2, -0.15) is 15.0 Å². The van der Waals surface area contributed by atoms with Gasteiger partial charge in [-0.3, -0.25) is 5.32 Å². The molecule has 14 nitrogen and oxygen atoms in total. The molecule has 0 radical (unpaired) electrons. The number of aryl methyl sites for hydroxylation is 1. The molecular formula is C23H28N8O6S. The Morgan fingerprint density at radius 3 is 2.47 bits per heavy atom. The largest absolute Gasteiger partial charge is 0.464 e. The van der Waals surface area contributed by atoms with Crippen LogP contribution in [0.25, 0.3) is 10.9 Å². The number of hydrogen-bond donors (Lipinski definition) is 2. The minimum atomic E-state index is -4.55. The molecule has 0 bridgehead atoms. The van der Waals surface area contributed by atoms with Crippen LogP contribution in [0.1, 0.15) is 42.6 Å². The van der Waals surface area contributed by atoms with E-state index in [0.29, 0.717) is 5.52 Å². The maximum atomic E-state index is 13.3. The number of fused-ring (bicyclic) bond motifs is 1. The fraction of sp³-hybridized carbons (Fsp3) is 0.391. The number of carbonyl (C=O) groups excluding carboxylic acids is 2. The SMILES string of the molecule is COC(=O)c1c(S(=O)(=O)NC(=O)Nc2nc(ON=C3CCCCC3)nc(N(C)C)n2)c2ccccc2n1C. The third-order valence-corrected chi connectivity index (χ3v) is 7.26. The van der Waals surface area contributed by atoms with Gasteiger partial charge in [-0.15, -0.1) is 0 Å². The van der Waals surface area contributed by atoms with Gasteiger partial charge in [-0.1, -0.05) is 29.8 Å². The molecule has 4 rings (SSSR count). The summed E-state index contributed by atoms with van der Waals surface area (Å²) in [4.78, 5) is 44.1. The van der Waals surface area contributed by atoms with Crippen LogP contribution in [-0.2, 0) is 21.8 Å². The molecule has 2 aromatic heterocycles. The standard InChI is InChI=1S/C23H28N8O6S/c1-30(2)21-24-20(26-23(27-21)37-28-14-10-6-5-7-11-14)25-22(33)29-38(34,35)18-15-12-8-9-13-16(15)31(3)17(18)19(32)36-4/h8-9,12-13H,5-7,10-11H2,1-4H3,(H2,24,25,26,27,29,33). The van der Waals surface area contributed by atoms with Gasteiger partial charge >= 0.3 is 18.0 Å². The van der Waals surface area contributed by atoms with Crippen LogP contribution < -0.4 is 19.8 Å². The first-order chi connectivity index (χ1) is 18.1. The predicted octanol–water partition coefficient (Wildman–Crippen LogP) is 2.43. The monoisotopic (exact) mass is 544 g/mol. The number of nitrogens with zero attached hydrogens (tertiary/aromatic N) is 6. The predicted molar refractivity (Wildman–Crippen MR) is 139 cm³/mol. The number of aromatic nitrogens is 4. The second kappa shape index (κ2) is 11.0. The van der Waals surface area contributed by atoms with Crippen LogP contribution in [0.3, 0.4) is 0 Å². The first-order valence-corrected chi connectivity index (χ1v) is 13.2. The number of nitrogens with one attached hydrogen (secondary N) is 2. The number of esters is 1. The molecule has 0 aliphatic heterocycles. The van der Waals surface area contributed by atoms with E-state index >= 15 is 0 Å². The summed E-state index contributed by atoms with van der Waals surface area (Å²) in [6.07, 6.45) is 4.83. The maximum Gasteiger partial charge on any atom is 0.356 e. The molecule has 0 spiro atoms. The molecular weight excluding hydrogens is 516 g/mol. The number of para-hydroxylation sites is 1. The summed E-state index contributed by atoms with van der Waals surface area (Å²) in [6, 6.07) is 5.17. The van der Waals surface area contributed by atoms with Crippen molar-refractivity contribution in [3.8, 4) is 6.01 Å². The van der Waals surface area contributed by atoms with E-state index in [0.717, 1.165) is 44.9 Å². The number of sulfonamides is 1. The van der Waals surface area contributed by atoms with Gasteiger partial charge in [0.05, 0.1) is 12.8 Å². The third kappa shape index (κ3) is 5.66. The Morgan fingerprint density at radius 1 is 1.08 bits per heavy atom. The molecule has 0 unspecified atom stereocenters. The Balaban J connectivity index is 1.61. The van der Waals surface area contributed by atoms with Gasteiger partial charge in [-0.05, 0) is 31.7 Å². The Morgan fingerprint density at radius 2 is 1.79 bits per heavy atom. The van der Waals surface area contributed by atoms with Crippen molar-refractivity contribution in [2.75, 3.05) is 31.4 Å². The summed E-state index contributed by atoms with van der Waals surface area (Å²) in [7, 11) is 1.47. The van der Waals surface area contributed by atoms with E-state index in [1.807, 2.05) is 4.72 Å². The average Bonchev–Trinajstić information content (AvgIpc) is 3.20. The number of anilines is 2. The molecule has 38 heavy (non-hydrogen) atoms. The van der Waals surface area contributed by atoms with Crippen molar-refractivity contribution < 1.29 is 27.6 Å². The topological polar surface area (TPSA) is 170 Å². The lowest BCUT2D eigenvalue weighted by Gasteiger charge is -2.14. The van der Waals surface area contributed by atoms with Crippen LogP contribution >= 0.6 is 0 Å². The lowest BCUT2D eigenvalue weighted by Crippen LogP contribution is -2.36. The molecule has 1 fully saturated rings. The van der Waals surface area contributed by atoms with Crippen molar-refractivity contribution in [1.29, 1.82) is 0 Å². The minimum Gasteiger partial charge on any atom is -0.464 e. The number of benzene rings is 1. The zero-order valence-electron chi connectivity index (χ0n) is 21.4. The highest BCUT2D eigenvalue weighted by Gasteiger charge is 2.32. The van der Waals surface area contributed by atoms with Crippen molar-refractivity contribution in [1.82, 2.24) is 24.2 Å². The first kappa shape index (κ1) is 26.8. The molecule has 0 saturated heterocycles. The normalized spacial score (nSPS) is 13.6. The van der Waals surface area contributed by atoms with E-state index in [1.54, 1.807) is 37.2 Å². The molecule has 1 aliphatic carbocycles. The summed E-state index contributed by atoms with van der Waals surface area (Å²) in [6.45, 7) is 0. The van der Waals surface area contributed by atoms with Crippen LogP contribution in [0.2, 0.25) is 0 Å². The number of carbonyl (C=O) groups is 2. The molecule has 2 amide bonds. The van der Waals surface area contributed by atoms with E-state index in [-0.39, 0.29) is 29.0 Å². The molecule has 2 N–H and O–H groups in total. The first-order valence-electron chi connectivity index (χ1n) is 11.8. The molecule has 15 heteroatoms. The number of amides is 2. The second-order valence-electron chi connectivity index (χ2n) is 8.75. The van der Waals surface area contributed by atoms with Gasteiger partial charge in [0.1, 0.15) is 10.6 Å². The Labute approximate surface area is 219 Å². The molecule has 3 aromatic rings. The van der Waals surface area contributed by atoms with Crippen LogP contribution in [0.5, 0.6) is 6.01 Å². The molecule has 202 valence electrons. The van der Waals surface area contributed by atoms with Crippen LogP contribution in [0, 0.1) is 0 Å².